The van der Waals surface area contributed by atoms with Crippen LogP contribution in [0.5, 0.6) is 0 Å². The third kappa shape index (κ3) is 1.41. The second-order valence-electron chi connectivity index (χ2n) is 6.03. The molecule has 16 heavy (non-hydrogen) atoms. The number of carbonyl (C=O) groups is 1. The Morgan fingerprint density at radius 1 is 1.31 bits per heavy atom. The third-order valence-corrected chi connectivity index (χ3v) is 4.93. The van der Waals surface area contributed by atoms with Gasteiger partial charge >= 0.3 is 5.97 Å². The predicted molar refractivity (Wildman–Crippen MR) is 60.6 cm³/mol. The number of ether oxygens (including phenoxy) is 1. The van der Waals surface area contributed by atoms with Crippen LogP contribution in [0.3, 0.4) is 0 Å². The van der Waals surface area contributed by atoms with E-state index < -0.39 is 0 Å². The van der Waals surface area contributed by atoms with Gasteiger partial charge in [0.25, 0.3) is 0 Å². The fourth-order valence-corrected chi connectivity index (χ4v) is 4.46. The van der Waals surface area contributed by atoms with Gasteiger partial charge in [0.15, 0.2) is 0 Å². The molecule has 0 aromatic carbocycles. The Morgan fingerprint density at radius 3 is 2.50 bits per heavy atom. The Kier molecular flexibility index (Phi) is 2.29. The van der Waals surface area contributed by atoms with Gasteiger partial charge in [-0.15, -0.1) is 0 Å². The van der Waals surface area contributed by atoms with Crippen molar-refractivity contribution in [3.8, 4) is 0 Å². The van der Waals surface area contributed by atoms with Crippen molar-refractivity contribution in [2.24, 2.45) is 23.5 Å². The lowest BCUT2D eigenvalue weighted by atomic mass is 9.52. The molecule has 4 saturated carbocycles. The number of rotatable bonds is 2. The van der Waals surface area contributed by atoms with E-state index in [-0.39, 0.29) is 17.6 Å². The molecule has 3 heteroatoms. The van der Waals surface area contributed by atoms with Crippen molar-refractivity contribution in [1.29, 1.82) is 0 Å². The van der Waals surface area contributed by atoms with E-state index in [1.54, 1.807) is 0 Å². The first-order chi connectivity index (χ1) is 7.63. The summed E-state index contributed by atoms with van der Waals surface area (Å²) in [7, 11) is 0. The zero-order valence-corrected chi connectivity index (χ0v) is 9.95. The van der Waals surface area contributed by atoms with Crippen molar-refractivity contribution >= 4 is 5.97 Å². The lowest BCUT2D eigenvalue weighted by Gasteiger charge is -2.59. The van der Waals surface area contributed by atoms with Crippen LogP contribution in [0.2, 0.25) is 0 Å². The highest BCUT2D eigenvalue weighted by Gasteiger charge is 2.57. The van der Waals surface area contributed by atoms with E-state index in [1.807, 2.05) is 6.92 Å². The van der Waals surface area contributed by atoms with Gasteiger partial charge in [0, 0.05) is 12.5 Å². The highest BCUT2D eigenvalue weighted by Crippen LogP contribution is 2.56. The third-order valence-electron chi connectivity index (χ3n) is 4.93. The summed E-state index contributed by atoms with van der Waals surface area (Å²) < 4.78 is 5.75. The first-order valence-corrected chi connectivity index (χ1v) is 6.60. The van der Waals surface area contributed by atoms with Gasteiger partial charge in [-0.3, -0.25) is 4.79 Å². The maximum atomic E-state index is 11.6. The van der Waals surface area contributed by atoms with Crippen LogP contribution in [0.15, 0.2) is 0 Å². The SMILES string of the molecule is CCC(=O)OC12CC3CC(CC(C3)C1N)C2. The van der Waals surface area contributed by atoms with E-state index in [1.165, 1.54) is 19.3 Å². The monoisotopic (exact) mass is 223 g/mol. The molecule has 4 aliphatic rings. The molecule has 0 aromatic rings. The molecule has 0 spiro atoms. The number of esters is 1. The molecule has 0 saturated heterocycles. The van der Waals surface area contributed by atoms with Crippen LogP contribution >= 0.6 is 0 Å². The van der Waals surface area contributed by atoms with Gasteiger partial charge in [0.1, 0.15) is 5.60 Å². The standard InChI is InChI=1S/C13H21NO2/c1-2-11(15)16-13-6-8-3-9(7-13)5-10(4-8)12(13)14/h8-10,12H,2-7,14H2,1H3. The van der Waals surface area contributed by atoms with Crippen LogP contribution < -0.4 is 5.73 Å². The topological polar surface area (TPSA) is 52.3 Å². The maximum absolute atomic E-state index is 11.6. The summed E-state index contributed by atoms with van der Waals surface area (Å²) in [5.41, 5.74) is 6.04. The molecule has 3 unspecified atom stereocenters. The summed E-state index contributed by atoms with van der Waals surface area (Å²) in [6.07, 6.45) is 6.38. The average Bonchev–Trinajstić information content (AvgIpc) is 2.24. The van der Waals surface area contributed by atoms with Crippen LogP contribution in [0.25, 0.3) is 0 Å². The molecule has 4 aliphatic carbocycles. The Hall–Kier alpha value is -0.570. The Bertz CT molecular complexity index is 301. The molecular weight excluding hydrogens is 202 g/mol. The largest absolute Gasteiger partial charge is 0.457 e. The number of nitrogens with two attached hydrogens (primary N) is 1. The lowest BCUT2D eigenvalue weighted by Crippen LogP contribution is -2.65. The summed E-state index contributed by atoms with van der Waals surface area (Å²) in [6.45, 7) is 1.86. The predicted octanol–water partition coefficient (Wildman–Crippen LogP) is 1.85. The second-order valence-corrected chi connectivity index (χ2v) is 6.03. The zero-order valence-electron chi connectivity index (χ0n) is 9.95. The average molecular weight is 223 g/mol. The molecule has 4 rings (SSSR count). The normalized spacial score (nSPS) is 49.4. The zero-order chi connectivity index (χ0) is 11.3. The minimum Gasteiger partial charge on any atom is -0.457 e. The van der Waals surface area contributed by atoms with Crippen LogP contribution in [0.1, 0.15) is 45.4 Å². The second kappa shape index (κ2) is 3.46. The smallest absolute Gasteiger partial charge is 0.306 e. The van der Waals surface area contributed by atoms with E-state index in [2.05, 4.69) is 0 Å². The Morgan fingerprint density at radius 2 is 1.94 bits per heavy atom. The van der Waals surface area contributed by atoms with Crippen molar-refractivity contribution < 1.29 is 9.53 Å². The van der Waals surface area contributed by atoms with E-state index in [9.17, 15) is 4.79 Å². The van der Waals surface area contributed by atoms with Gasteiger partial charge in [0.05, 0.1) is 0 Å². The van der Waals surface area contributed by atoms with Crippen molar-refractivity contribution in [1.82, 2.24) is 0 Å². The molecule has 0 amide bonds. The van der Waals surface area contributed by atoms with Gasteiger partial charge in [0.2, 0.25) is 0 Å². The van der Waals surface area contributed by atoms with E-state index >= 15 is 0 Å². The molecule has 0 aromatic heterocycles. The van der Waals surface area contributed by atoms with Gasteiger partial charge in [-0.1, -0.05) is 6.92 Å². The molecule has 3 nitrogen and oxygen atoms in total. The van der Waals surface area contributed by atoms with Gasteiger partial charge < -0.3 is 10.5 Å². The van der Waals surface area contributed by atoms with E-state index in [4.69, 9.17) is 10.5 Å². The first-order valence-electron chi connectivity index (χ1n) is 6.60. The Balaban J connectivity index is 1.85. The van der Waals surface area contributed by atoms with E-state index in [0.29, 0.717) is 12.3 Å². The number of carbonyl (C=O) groups excluding carboxylic acids is 1. The molecular formula is C13H21NO2. The minimum atomic E-state index is -0.290. The molecule has 4 fully saturated rings. The summed E-state index contributed by atoms with van der Waals surface area (Å²) in [4.78, 5) is 11.6. The number of hydrogen-bond donors (Lipinski definition) is 1. The molecule has 4 bridgehead atoms. The fourth-order valence-electron chi connectivity index (χ4n) is 4.46. The molecule has 2 N–H and O–H groups in total. The quantitative estimate of drug-likeness (QED) is 0.727. The van der Waals surface area contributed by atoms with Crippen LogP contribution in [0.4, 0.5) is 0 Å². The van der Waals surface area contributed by atoms with Crippen LogP contribution in [-0.2, 0) is 9.53 Å². The summed E-state index contributed by atoms with van der Waals surface area (Å²) >= 11 is 0. The van der Waals surface area contributed by atoms with Crippen molar-refractivity contribution in [3.05, 3.63) is 0 Å². The highest BCUT2D eigenvalue weighted by atomic mass is 16.6. The molecule has 0 radical (unpaired) electrons. The van der Waals surface area contributed by atoms with E-state index in [0.717, 1.165) is 24.7 Å². The summed E-state index contributed by atoms with van der Waals surface area (Å²) in [5, 5.41) is 0. The lowest BCUT2D eigenvalue weighted by molar-refractivity contribution is -0.192. The van der Waals surface area contributed by atoms with Gasteiger partial charge in [-0.2, -0.15) is 0 Å². The maximum Gasteiger partial charge on any atom is 0.306 e. The van der Waals surface area contributed by atoms with Crippen LogP contribution in [-0.4, -0.2) is 17.6 Å². The summed E-state index contributed by atoms with van der Waals surface area (Å²) in [5.74, 6) is 2.07. The van der Waals surface area contributed by atoms with Crippen molar-refractivity contribution in [2.75, 3.05) is 0 Å². The van der Waals surface area contributed by atoms with Crippen molar-refractivity contribution in [3.63, 3.8) is 0 Å². The fraction of sp³-hybridized carbons (Fsp3) is 0.923. The molecule has 3 atom stereocenters. The van der Waals surface area contributed by atoms with Gasteiger partial charge in [-0.25, -0.2) is 0 Å². The van der Waals surface area contributed by atoms with Crippen LogP contribution in [0, 0.1) is 17.8 Å². The Labute approximate surface area is 96.7 Å². The van der Waals surface area contributed by atoms with Crippen molar-refractivity contribution in [2.45, 2.75) is 57.1 Å². The molecule has 90 valence electrons. The number of hydrogen-bond acceptors (Lipinski definition) is 3. The highest BCUT2D eigenvalue weighted by molar-refractivity contribution is 5.69. The molecule has 0 heterocycles. The minimum absolute atomic E-state index is 0.0719. The van der Waals surface area contributed by atoms with Gasteiger partial charge in [-0.05, 0) is 49.9 Å². The molecule has 0 aliphatic heterocycles. The summed E-state index contributed by atoms with van der Waals surface area (Å²) in [6, 6.07) is 0.0933. The first kappa shape index (κ1) is 10.6.